The van der Waals surface area contributed by atoms with Crippen molar-refractivity contribution in [1.29, 1.82) is 0 Å². The molecule has 0 spiro atoms. The summed E-state index contributed by atoms with van der Waals surface area (Å²) in [7, 11) is 3.05. The minimum atomic E-state index is -1.22. The van der Waals surface area contributed by atoms with Gasteiger partial charge in [0.2, 0.25) is 0 Å². The molecule has 23 heavy (non-hydrogen) atoms. The van der Waals surface area contributed by atoms with Crippen molar-refractivity contribution in [2.24, 2.45) is 5.73 Å². The Labute approximate surface area is 135 Å². The number of nitrogens with two attached hydrogens (primary N) is 1. The molecule has 2 unspecified atom stereocenters. The van der Waals surface area contributed by atoms with Gasteiger partial charge in [-0.25, -0.2) is 4.79 Å². The van der Waals surface area contributed by atoms with E-state index in [-0.39, 0.29) is 18.5 Å². The van der Waals surface area contributed by atoms with Gasteiger partial charge in [-0.05, 0) is 31.5 Å². The van der Waals surface area contributed by atoms with Crippen LogP contribution in [0.25, 0.3) is 0 Å². The first kappa shape index (κ1) is 17.1. The molecular formula is C16H23N3O4. The first-order chi connectivity index (χ1) is 10.9. The lowest BCUT2D eigenvalue weighted by molar-refractivity contribution is -0.131. The number of rotatable bonds is 6. The maximum absolute atomic E-state index is 12.8. The average Bonchev–Trinajstić information content (AvgIpc) is 2.78. The SMILES string of the molecule is CCC(N)CN1C(=O)NC(C)(c2cc(OC)ccc2OC)C1=O. The van der Waals surface area contributed by atoms with Crippen molar-refractivity contribution in [2.75, 3.05) is 20.8 Å². The maximum Gasteiger partial charge on any atom is 0.325 e. The summed E-state index contributed by atoms with van der Waals surface area (Å²) < 4.78 is 10.6. The molecule has 1 aromatic carbocycles. The Bertz CT molecular complexity index is 619. The van der Waals surface area contributed by atoms with Crippen molar-refractivity contribution in [2.45, 2.75) is 31.8 Å². The second kappa shape index (κ2) is 6.45. The van der Waals surface area contributed by atoms with E-state index in [1.165, 1.54) is 14.2 Å². The van der Waals surface area contributed by atoms with Gasteiger partial charge >= 0.3 is 6.03 Å². The Morgan fingerprint density at radius 1 is 1.30 bits per heavy atom. The number of hydrogen-bond donors (Lipinski definition) is 2. The second-order valence-electron chi connectivity index (χ2n) is 5.71. The van der Waals surface area contributed by atoms with Gasteiger partial charge in [0.25, 0.3) is 5.91 Å². The van der Waals surface area contributed by atoms with Gasteiger partial charge in [-0.3, -0.25) is 9.69 Å². The zero-order chi connectivity index (χ0) is 17.2. The van der Waals surface area contributed by atoms with Crippen LogP contribution in [0, 0.1) is 0 Å². The van der Waals surface area contributed by atoms with Gasteiger partial charge < -0.3 is 20.5 Å². The maximum atomic E-state index is 12.8. The normalized spacial score (nSPS) is 22.0. The molecule has 0 aromatic heterocycles. The van der Waals surface area contributed by atoms with Crippen molar-refractivity contribution < 1.29 is 19.1 Å². The number of hydrogen-bond acceptors (Lipinski definition) is 5. The van der Waals surface area contributed by atoms with Crippen LogP contribution in [0.4, 0.5) is 4.79 Å². The Hall–Kier alpha value is -2.28. The van der Waals surface area contributed by atoms with Crippen molar-refractivity contribution in [3.8, 4) is 11.5 Å². The Morgan fingerprint density at radius 2 is 2.00 bits per heavy atom. The van der Waals surface area contributed by atoms with Crippen LogP contribution in [0.2, 0.25) is 0 Å². The largest absolute Gasteiger partial charge is 0.497 e. The minimum Gasteiger partial charge on any atom is -0.497 e. The van der Waals surface area contributed by atoms with Gasteiger partial charge in [0.15, 0.2) is 0 Å². The fourth-order valence-electron chi connectivity index (χ4n) is 2.61. The van der Waals surface area contributed by atoms with E-state index < -0.39 is 11.6 Å². The van der Waals surface area contributed by atoms with E-state index in [1.807, 2.05) is 6.92 Å². The summed E-state index contributed by atoms with van der Waals surface area (Å²) in [5.74, 6) is 0.731. The zero-order valence-corrected chi connectivity index (χ0v) is 13.9. The standard InChI is InChI=1S/C16H23N3O4/c1-5-10(17)9-19-14(20)16(2,18-15(19)21)12-8-11(22-3)6-7-13(12)23-4/h6-8,10H,5,9,17H2,1-4H3,(H,18,21). The van der Waals surface area contributed by atoms with Crippen molar-refractivity contribution >= 4 is 11.9 Å². The predicted molar refractivity (Wildman–Crippen MR) is 85.4 cm³/mol. The lowest BCUT2D eigenvalue weighted by Crippen LogP contribution is -2.43. The molecule has 3 N–H and O–H groups in total. The molecule has 2 rings (SSSR count). The topological polar surface area (TPSA) is 93.9 Å². The molecule has 0 aliphatic carbocycles. The van der Waals surface area contributed by atoms with E-state index >= 15 is 0 Å². The summed E-state index contributed by atoms with van der Waals surface area (Å²) in [4.78, 5) is 26.3. The number of urea groups is 1. The van der Waals surface area contributed by atoms with E-state index in [4.69, 9.17) is 15.2 Å². The summed E-state index contributed by atoms with van der Waals surface area (Å²) in [6.07, 6.45) is 0.677. The molecule has 3 amide bonds. The van der Waals surface area contributed by atoms with E-state index in [0.29, 0.717) is 23.5 Å². The van der Waals surface area contributed by atoms with E-state index in [9.17, 15) is 9.59 Å². The molecule has 7 heteroatoms. The van der Waals surface area contributed by atoms with Crippen LogP contribution in [0.15, 0.2) is 18.2 Å². The Morgan fingerprint density at radius 3 is 2.57 bits per heavy atom. The van der Waals surface area contributed by atoms with Crippen LogP contribution in [0.3, 0.4) is 0 Å². The highest BCUT2D eigenvalue weighted by atomic mass is 16.5. The van der Waals surface area contributed by atoms with E-state index in [0.717, 1.165) is 4.90 Å². The molecule has 7 nitrogen and oxygen atoms in total. The highest BCUT2D eigenvalue weighted by Crippen LogP contribution is 2.37. The highest BCUT2D eigenvalue weighted by Gasteiger charge is 2.50. The van der Waals surface area contributed by atoms with Crippen LogP contribution < -0.4 is 20.5 Å². The van der Waals surface area contributed by atoms with Gasteiger partial charge in [0.05, 0.1) is 14.2 Å². The van der Waals surface area contributed by atoms with E-state index in [1.54, 1.807) is 25.1 Å². The molecule has 126 valence electrons. The second-order valence-corrected chi connectivity index (χ2v) is 5.71. The first-order valence-corrected chi connectivity index (χ1v) is 7.49. The fourth-order valence-corrected chi connectivity index (χ4v) is 2.61. The first-order valence-electron chi connectivity index (χ1n) is 7.49. The number of carbonyl (C=O) groups excluding carboxylic acids is 2. The fraction of sp³-hybridized carbons (Fsp3) is 0.500. The molecule has 0 radical (unpaired) electrons. The number of ether oxygens (including phenoxy) is 2. The summed E-state index contributed by atoms with van der Waals surface area (Å²) in [6, 6.07) is 4.43. The minimum absolute atomic E-state index is 0.184. The predicted octanol–water partition coefficient (Wildman–Crippen LogP) is 1.21. The van der Waals surface area contributed by atoms with Gasteiger partial charge in [0, 0.05) is 18.2 Å². The Balaban J connectivity index is 2.42. The molecule has 0 bridgehead atoms. The van der Waals surface area contributed by atoms with Crippen molar-refractivity contribution in [3.63, 3.8) is 0 Å². The lowest BCUT2D eigenvalue weighted by atomic mass is 9.90. The number of carbonyl (C=O) groups is 2. The van der Waals surface area contributed by atoms with Crippen LogP contribution in [0.1, 0.15) is 25.8 Å². The molecule has 1 saturated heterocycles. The number of nitrogens with one attached hydrogen (secondary N) is 1. The summed E-state index contributed by atoms with van der Waals surface area (Å²) >= 11 is 0. The monoisotopic (exact) mass is 321 g/mol. The van der Waals surface area contributed by atoms with Crippen LogP contribution in [-0.2, 0) is 10.3 Å². The van der Waals surface area contributed by atoms with Gasteiger partial charge in [-0.15, -0.1) is 0 Å². The molecule has 1 aliphatic rings. The molecular weight excluding hydrogens is 298 g/mol. The smallest absolute Gasteiger partial charge is 0.325 e. The van der Waals surface area contributed by atoms with Crippen molar-refractivity contribution in [1.82, 2.24) is 10.2 Å². The summed E-state index contributed by atoms with van der Waals surface area (Å²) in [5, 5.41) is 2.75. The lowest BCUT2D eigenvalue weighted by Gasteiger charge is -2.25. The van der Waals surface area contributed by atoms with Gasteiger partial charge in [0.1, 0.15) is 17.0 Å². The van der Waals surface area contributed by atoms with Gasteiger partial charge in [-0.2, -0.15) is 0 Å². The molecule has 1 heterocycles. The third-order valence-corrected chi connectivity index (χ3v) is 4.16. The molecule has 1 fully saturated rings. The third-order valence-electron chi connectivity index (χ3n) is 4.16. The number of nitrogens with zero attached hydrogens (tertiary/aromatic N) is 1. The number of benzene rings is 1. The summed E-state index contributed by atoms with van der Waals surface area (Å²) in [5.41, 5.74) is 5.22. The van der Waals surface area contributed by atoms with Crippen LogP contribution in [0.5, 0.6) is 11.5 Å². The Kier molecular flexibility index (Phi) is 4.79. The molecule has 1 aromatic rings. The molecule has 0 saturated carbocycles. The van der Waals surface area contributed by atoms with Crippen LogP contribution in [-0.4, -0.2) is 43.6 Å². The number of imide groups is 1. The average molecular weight is 321 g/mol. The number of methoxy groups -OCH3 is 2. The molecule has 1 aliphatic heterocycles. The van der Waals surface area contributed by atoms with E-state index in [2.05, 4.69) is 5.32 Å². The summed E-state index contributed by atoms with van der Waals surface area (Å²) in [6.45, 7) is 3.75. The highest BCUT2D eigenvalue weighted by molar-refractivity contribution is 6.07. The zero-order valence-electron chi connectivity index (χ0n) is 13.9. The number of amides is 3. The molecule has 2 atom stereocenters. The van der Waals surface area contributed by atoms with Crippen molar-refractivity contribution in [3.05, 3.63) is 23.8 Å². The van der Waals surface area contributed by atoms with Crippen LogP contribution >= 0.6 is 0 Å². The quantitative estimate of drug-likeness (QED) is 0.768. The third kappa shape index (κ3) is 2.96. The van der Waals surface area contributed by atoms with Gasteiger partial charge in [-0.1, -0.05) is 6.92 Å².